The van der Waals surface area contributed by atoms with Gasteiger partial charge in [0, 0.05) is 18.8 Å². The van der Waals surface area contributed by atoms with Crippen LogP contribution in [0.1, 0.15) is 30.5 Å². The first-order valence-corrected chi connectivity index (χ1v) is 6.87. The third kappa shape index (κ3) is 1.29. The Balaban J connectivity index is 2.00. The Kier molecular flexibility index (Phi) is 2.07. The van der Waals surface area contributed by atoms with Crippen LogP contribution in [-0.2, 0) is 12.8 Å². The highest BCUT2D eigenvalue weighted by atomic mass is 15.3. The zero-order chi connectivity index (χ0) is 12.1. The largest absolute Gasteiger partial charge is 0.396 e. The summed E-state index contributed by atoms with van der Waals surface area (Å²) in [6.45, 7) is 2.30. The summed E-state index contributed by atoms with van der Waals surface area (Å²) in [5.41, 5.74) is 12.2. The van der Waals surface area contributed by atoms with Crippen molar-refractivity contribution in [1.29, 1.82) is 0 Å². The second-order valence-electron chi connectivity index (χ2n) is 5.41. The van der Waals surface area contributed by atoms with Gasteiger partial charge in [-0.1, -0.05) is 0 Å². The monoisotopic (exact) mass is 242 g/mol. The van der Waals surface area contributed by atoms with Crippen molar-refractivity contribution in [3.8, 4) is 0 Å². The van der Waals surface area contributed by atoms with E-state index in [1.807, 2.05) is 0 Å². The molecule has 0 saturated carbocycles. The summed E-state index contributed by atoms with van der Waals surface area (Å²) >= 11 is 0. The molecule has 3 heterocycles. The van der Waals surface area contributed by atoms with E-state index in [9.17, 15) is 0 Å². The lowest BCUT2D eigenvalue weighted by molar-refractivity contribution is 0.840. The SMILES string of the molecule is Nc1cnn2c3c(cc(N4CCCC4)c12)CCC3. The number of hydrogen-bond acceptors (Lipinski definition) is 3. The highest BCUT2D eigenvalue weighted by Crippen LogP contribution is 2.35. The second kappa shape index (κ2) is 3.64. The van der Waals surface area contributed by atoms with Gasteiger partial charge in [-0.3, -0.25) is 0 Å². The Morgan fingerprint density at radius 1 is 1.11 bits per heavy atom. The summed E-state index contributed by atoms with van der Waals surface area (Å²) in [6, 6.07) is 2.36. The first kappa shape index (κ1) is 10.2. The van der Waals surface area contributed by atoms with Crippen molar-refractivity contribution in [2.45, 2.75) is 32.1 Å². The molecule has 0 aromatic carbocycles. The minimum absolute atomic E-state index is 0.812. The molecule has 2 aromatic heterocycles. The maximum absolute atomic E-state index is 6.13. The van der Waals surface area contributed by atoms with E-state index in [-0.39, 0.29) is 0 Å². The van der Waals surface area contributed by atoms with Crippen molar-refractivity contribution in [3.63, 3.8) is 0 Å². The zero-order valence-corrected chi connectivity index (χ0v) is 10.5. The zero-order valence-electron chi connectivity index (χ0n) is 10.5. The molecule has 1 aliphatic carbocycles. The van der Waals surface area contributed by atoms with E-state index < -0.39 is 0 Å². The first-order chi connectivity index (χ1) is 8.84. The molecule has 2 aliphatic rings. The number of nitrogen functional groups attached to an aromatic ring is 1. The maximum Gasteiger partial charge on any atom is 0.113 e. The predicted octanol–water partition coefficient (Wildman–Crippen LogP) is 2.01. The number of nitrogens with two attached hydrogens (primary N) is 1. The Morgan fingerprint density at radius 3 is 2.78 bits per heavy atom. The van der Waals surface area contributed by atoms with Gasteiger partial charge in [-0.25, -0.2) is 4.52 Å². The predicted molar refractivity (Wildman–Crippen MR) is 73.1 cm³/mol. The van der Waals surface area contributed by atoms with Crippen LogP contribution in [0.4, 0.5) is 11.4 Å². The van der Waals surface area contributed by atoms with Crippen molar-refractivity contribution in [1.82, 2.24) is 9.61 Å². The molecule has 1 saturated heterocycles. The van der Waals surface area contributed by atoms with Gasteiger partial charge in [-0.15, -0.1) is 0 Å². The van der Waals surface area contributed by atoms with Gasteiger partial charge in [-0.05, 0) is 43.7 Å². The molecule has 0 spiro atoms. The summed E-state index contributed by atoms with van der Waals surface area (Å²) in [6.07, 6.45) is 7.94. The molecular weight excluding hydrogens is 224 g/mol. The molecule has 1 aliphatic heterocycles. The minimum atomic E-state index is 0.812. The van der Waals surface area contributed by atoms with Gasteiger partial charge in [-0.2, -0.15) is 5.10 Å². The summed E-state index contributed by atoms with van der Waals surface area (Å²) < 4.78 is 2.09. The van der Waals surface area contributed by atoms with Gasteiger partial charge in [0.1, 0.15) is 5.52 Å². The Bertz CT molecular complexity index is 608. The van der Waals surface area contributed by atoms with Crippen LogP contribution in [0.5, 0.6) is 0 Å². The van der Waals surface area contributed by atoms with Crippen LogP contribution in [0.15, 0.2) is 12.3 Å². The van der Waals surface area contributed by atoms with Crippen molar-refractivity contribution in [2.75, 3.05) is 23.7 Å². The molecule has 4 rings (SSSR count). The highest BCUT2D eigenvalue weighted by Gasteiger charge is 2.23. The number of anilines is 2. The Hall–Kier alpha value is -1.71. The smallest absolute Gasteiger partial charge is 0.113 e. The van der Waals surface area contributed by atoms with E-state index in [1.54, 1.807) is 6.20 Å². The van der Waals surface area contributed by atoms with E-state index >= 15 is 0 Å². The number of nitrogens with zero attached hydrogens (tertiary/aromatic N) is 3. The molecule has 0 radical (unpaired) electrons. The van der Waals surface area contributed by atoms with Gasteiger partial charge < -0.3 is 10.6 Å². The van der Waals surface area contributed by atoms with Gasteiger partial charge >= 0.3 is 0 Å². The number of fused-ring (bicyclic) bond motifs is 3. The highest BCUT2D eigenvalue weighted by molar-refractivity contribution is 5.85. The topological polar surface area (TPSA) is 46.6 Å². The number of pyridine rings is 1. The number of aromatic nitrogens is 2. The average Bonchev–Trinajstić information content (AvgIpc) is 3.06. The fourth-order valence-electron chi connectivity index (χ4n) is 3.40. The molecule has 0 bridgehead atoms. The van der Waals surface area contributed by atoms with E-state index in [1.165, 1.54) is 42.6 Å². The molecule has 94 valence electrons. The van der Waals surface area contributed by atoms with Gasteiger partial charge in [0.15, 0.2) is 0 Å². The van der Waals surface area contributed by atoms with Crippen molar-refractivity contribution in [3.05, 3.63) is 23.5 Å². The van der Waals surface area contributed by atoms with Crippen LogP contribution >= 0.6 is 0 Å². The lowest BCUT2D eigenvalue weighted by Crippen LogP contribution is -2.19. The van der Waals surface area contributed by atoms with E-state index in [2.05, 4.69) is 20.6 Å². The molecular formula is C14H18N4. The Labute approximate surface area is 106 Å². The van der Waals surface area contributed by atoms with Crippen LogP contribution < -0.4 is 10.6 Å². The maximum atomic E-state index is 6.13. The molecule has 0 unspecified atom stereocenters. The van der Waals surface area contributed by atoms with Crippen molar-refractivity contribution in [2.24, 2.45) is 0 Å². The van der Waals surface area contributed by atoms with Crippen LogP contribution in [0.3, 0.4) is 0 Å². The Morgan fingerprint density at radius 2 is 1.94 bits per heavy atom. The summed E-state index contributed by atoms with van der Waals surface area (Å²) in [7, 11) is 0. The van der Waals surface area contributed by atoms with Crippen molar-refractivity contribution < 1.29 is 0 Å². The minimum Gasteiger partial charge on any atom is -0.396 e. The lowest BCUT2D eigenvalue weighted by Gasteiger charge is -2.20. The summed E-state index contributed by atoms with van der Waals surface area (Å²) in [4.78, 5) is 2.46. The second-order valence-corrected chi connectivity index (χ2v) is 5.41. The number of rotatable bonds is 1. The molecule has 18 heavy (non-hydrogen) atoms. The molecule has 2 aromatic rings. The lowest BCUT2D eigenvalue weighted by atomic mass is 10.1. The fraction of sp³-hybridized carbons (Fsp3) is 0.500. The number of hydrogen-bond donors (Lipinski definition) is 1. The molecule has 0 atom stereocenters. The van der Waals surface area contributed by atoms with Crippen LogP contribution in [0.25, 0.3) is 5.52 Å². The molecule has 1 fully saturated rings. The van der Waals surface area contributed by atoms with E-state index in [0.29, 0.717) is 0 Å². The first-order valence-electron chi connectivity index (χ1n) is 6.87. The van der Waals surface area contributed by atoms with Crippen LogP contribution in [-0.4, -0.2) is 22.7 Å². The van der Waals surface area contributed by atoms with Crippen molar-refractivity contribution >= 4 is 16.9 Å². The molecule has 0 amide bonds. The normalized spacial score (nSPS) is 18.8. The summed E-state index contributed by atoms with van der Waals surface area (Å²) in [5.74, 6) is 0. The van der Waals surface area contributed by atoms with Crippen LogP contribution in [0.2, 0.25) is 0 Å². The van der Waals surface area contributed by atoms with Gasteiger partial charge in [0.05, 0.1) is 17.6 Å². The quantitative estimate of drug-likeness (QED) is 0.832. The standard InChI is InChI=1S/C14H18N4/c15-11-9-16-18-12-5-3-4-10(12)8-13(14(11)18)17-6-1-2-7-17/h8-9H,1-7,15H2. The van der Waals surface area contributed by atoms with E-state index in [4.69, 9.17) is 5.73 Å². The fourth-order valence-corrected chi connectivity index (χ4v) is 3.40. The third-order valence-electron chi connectivity index (χ3n) is 4.28. The number of aryl methyl sites for hydroxylation is 2. The molecule has 2 N–H and O–H groups in total. The van der Waals surface area contributed by atoms with Crippen LogP contribution in [0, 0.1) is 0 Å². The third-order valence-corrected chi connectivity index (χ3v) is 4.28. The average molecular weight is 242 g/mol. The van der Waals surface area contributed by atoms with E-state index in [0.717, 1.165) is 30.7 Å². The van der Waals surface area contributed by atoms with Gasteiger partial charge in [0.25, 0.3) is 0 Å². The van der Waals surface area contributed by atoms with Gasteiger partial charge in [0.2, 0.25) is 0 Å². The molecule has 4 nitrogen and oxygen atoms in total. The molecule has 4 heteroatoms. The summed E-state index contributed by atoms with van der Waals surface area (Å²) in [5, 5.41) is 4.49.